The minimum Gasteiger partial charge on any atom is -0.481 e. The second-order valence-electron chi connectivity index (χ2n) is 9.59. The molecule has 1 amide bonds. The smallest absolute Gasteiger partial charge is 0.338 e. The monoisotopic (exact) mass is 580 g/mol. The maximum atomic E-state index is 12.0. The molecule has 1 aromatic heterocycles. The van der Waals surface area contributed by atoms with Crippen molar-refractivity contribution in [3.05, 3.63) is 94.7 Å². The fourth-order valence-electron chi connectivity index (χ4n) is 4.35. The molecule has 1 saturated heterocycles. The molecule has 0 aliphatic carbocycles. The number of carbonyl (C=O) groups is 3. The molecule has 2 heterocycles. The Morgan fingerprint density at radius 2 is 1.63 bits per heavy atom. The van der Waals surface area contributed by atoms with Crippen LogP contribution in [0.4, 0.5) is 0 Å². The lowest BCUT2D eigenvalue weighted by molar-refractivity contribution is -0.245. The Hall–Kier alpha value is -3.77. The fraction of sp³-hybridized carbons (Fsp3) is 0.333. The molecule has 4 N–H and O–H groups in total. The van der Waals surface area contributed by atoms with E-state index in [1.807, 2.05) is 48.5 Å². The van der Waals surface area contributed by atoms with Gasteiger partial charge in [-0.05, 0) is 35.2 Å². The molecular formula is C30H32N2O8S. The largest absolute Gasteiger partial charge is 0.481 e. The molecule has 216 valence electrons. The quantitative estimate of drug-likeness (QED) is 0.213. The molecule has 0 unspecified atom stereocenters. The SMILES string of the molecule is O=C(O)CCCC(=O)NCc1ccc([C@@H]2O[C@H](CSc3ncccc3C(=O)O)C[C@H](c3ccc(CO)cc3)O2)cc1. The summed E-state index contributed by atoms with van der Waals surface area (Å²) in [5.41, 5.74) is 3.54. The number of nitrogens with one attached hydrogen (secondary N) is 1. The van der Waals surface area contributed by atoms with E-state index in [0.29, 0.717) is 23.7 Å². The van der Waals surface area contributed by atoms with E-state index in [0.717, 1.165) is 22.3 Å². The Kier molecular flexibility index (Phi) is 10.9. The number of amides is 1. The van der Waals surface area contributed by atoms with Crippen LogP contribution in [-0.4, -0.2) is 50.0 Å². The highest BCUT2D eigenvalue weighted by molar-refractivity contribution is 7.99. The lowest BCUT2D eigenvalue weighted by Crippen LogP contribution is -2.31. The first kappa shape index (κ1) is 30.2. The Morgan fingerprint density at radius 1 is 0.927 bits per heavy atom. The van der Waals surface area contributed by atoms with E-state index in [4.69, 9.17) is 14.6 Å². The molecule has 0 spiro atoms. The van der Waals surface area contributed by atoms with Crippen LogP contribution in [0.5, 0.6) is 0 Å². The number of nitrogens with zero attached hydrogens (tertiary/aromatic N) is 1. The number of carbonyl (C=O) groups excluding carboxylic acids is 1. The van der Waals surface area contributed by atoms with Gasteiger partial charge < -0.3 is 30.1 Å². The zero-order valence-corrected chi connectivity index (χ0v) is 23.1. The van der Waals surface area contributed by atoms with E-state index in [2.05, 4.69) is 10.3 Å². The van der Waals surface area contributed by atoms with Crippen LogP contribution >= 0.6 is 11.8 Å². The number of rotatable bonds is 13. The molecule has 3 aromatic rings. The first-order valence-corrected chi connectivity index (χ1v) is 14.2. The van der Waals surface area contributed by atoms with Gasteiger partial charge in [-0.3, -0.25) is 9.59 Å². The maximum absolute atomic E-state index is 12.0. The van der Waals surface area contributed by atoms with Crippen LogP contribution in [0.1, 0.15) is 70.7 Å². The van der Waals surface area contributed by atoms with Crippen molar-refractivity contribution in [1.82, 2.24) is 10.3 Å². The van der Waals surface area contributed by atoms with Crippen LogP contribution in [0.15, 0.2) is 71.9 Å². The van der Waals surface area contributed by atoms with E-state index < -0.39 is 18.2 Å². The van der Waals surface area contributed by atoms with Crippen LogP contribution in [0.25, 0.3) is 0 Å². The summed E-state index contributed by atoms with van der Waals surface area (Å²) < 4.78 is 12.7. The lowest BCUT2D eigenvalue weighted by atomic mass is 10.0. The number of aliphatic carboxylic acids is 1. The molecule has 1 aliphatic heterocycles. The molecule has 4 rings (SSSR count). The zero-order chi connectivity index (χ0) is 29.2. The third kappa shape index (κ3) is 8.86. The summed E-state index contributed by atoms with van der Waals surface area (Å²) in [5, 5.41) is 30.9. The van der Waals surface area contributed by atoms with Crippen molar-refractivity contribution in [1.29, 1.82) is 0 Å². The van der Waals surface area contributed by atoms with Gasteiger partial charge in [0.2, 0.25) is 5.91 Å². The van der Waals surface area contributed by atoms with Gasteiger partial charge in [-0.15, -0.1) is 11.8 Å². The highest BCUT2D eigenvalue weighted by atomic mass is 32.2. The standard InChI is InChI=1S/C30H32N2O8S/c33-17-20-8-10-21(11-9-20)25-15-23(18-41-28-24(29(37)38)3-2-14-31-28)39-30(40-25)22-12-6-19(7-13-22)16-32-26(34)4-1-5-27(35)36/h2-3,6-14,23,25,30,33H,1,4-5,15-18H2,(H,32,34)(H,35,36)(H,37,38)/t23-,25+,30+/m0/s1. The second kappa shape index (κ2) is 14.7. The molecule has 0 bridgehead atoms. The number of thioether (sulfide) groups is 1. The van der Waals surface area contributed by atoms with Gasteiger partial charge in [-0.1, -0.05) is 48.5 Å². The number of carboxylic acid groups (broad SMARTS) is 2. The van der Waals surface area contributed by atoms with Gasteiger partial charge >= 0.3 is 11.9 Å². The molecule has 0 saturated carbocycles. The molecule has 2 aromatic carbocycles. The van der Waals surface area contributed by atoms with Crippen molar-refractivity contribution in [2.24, 2.45) is 0 Å². The minimum absolute atomic E-state index is 0.0435. The number of pyridine rings is 1. The zero-order valence-electron chi connectivity index (χ0n) is 22.3. The van der Waals surface area contributed by atoms with Gasteiger partial charge in [-0.25, -0.2) is 9.78 Å². The molecule has 1 fully saturated rings. The van der Waals surface area contributed by atoms with Crippen LogP contribution < -0.4 is 5.32 Å². The van der Waals surface area contributed by atoms with Crippen molar-refractivity contribution >= 4 is 29.6 Å². The number of ether oxygens (including phenoxy) is 2. The minimum atomic E-state index is -1.04. The van der Waals surface area contributed by atoms with Crippen molar-refractivity contribution in [2.75, 3.05) is 5.75 Å². The normalized spacial score (nSPS) is 18.5. The van der Waals surface area contributed by atoms with Crippen molar-refractivity contribution in [2.45, 2.75) is 62.4 Å². The van der Waals surface area contributed by atoms with Crippen molar-refractivity contribution in [3.8, 4) is 0 Å². The number of hydrogen-bond donors (Lipinski definition) is 4. The lowest BCUT2D eigenvalue weighted by Gasteiger charge is -2.36. The van der Waals surface area contributed by atoms with E-state index in [1.165, 1.54) is 17.8 Å². The molecule has 10 nitrogen and oxygen atoms in total. The summed E-state index contributed by atoms with van der Waals surface area (Å²) in [4.78, 5) is 38.5. The molecule has 41 heavy (non-hydrogen) atoms. The maximum Gasteiger partial charge on any atom is 0.338 e. The summed E-state index contributed by atoms with van der Waals surface area (Å²) in [6.07, 6.45) is 1.27. The summed E-state index contributed by atoms with van der Waals surface area (Å²) in [6.45, 7) is 0.260. The number of aromatic carboxylic acids is 1. The molecule has 11 heteroatoms. The van der Waals surface area contributed by atoms with E-state index in [-0.39, 0.29) is 49.5 Å². The summed E-state index contributed by atoms with van der Waals surface area (Å²) >= 11 is 1.32. The summed E-state index contributed by atoms with van der Waals surface area (Å²) in [5.74, 6) is -1.70. The Balaban J connectivity index is 1.44. The predicted molar refractivity (Wildman–Crippen MR) is 150 cm³/mol. The van der Waals surface area contributed by atoms with Crippen LogP contribution in [0.2, 0.25) is 0 Å². The predicted octanol–water partition coefficient (Wildman–Crippen LogP) is 4.48. The van der Waals surface area contributed by atoms with Crippen molar-refractivity contribution < 1.29 is 39.2 Å². The van der Waals surface area contributed by atoms with Crippen molar-refractivity contribution in [3.63, 3.8) is 0 Å². The second-order valence-corrected chi connectivity index (χ2v) is 10.6. The number of benzene rings is 2. The van der Waals surface area contributed by atoms with Crippen LogP contribution in [0.3, 0.4) is 0 Å². The average Bonchev–Trinajstić information content (AvgIpc) is 2.99. The molecule has 0 radical (unpaired) electrons. The fourth-order valence-corrected chi connectivity index (χ4v) is 5.35. The molecule has 3 atom stereocenters. The molecule has 1 aliphatic rings. The average molecular weight is 581 g/mol. The third-order valence-electron chi connectivity index (χ3n) is 6.56. The van der Waals surface area contributed by atoms with Gasteiger partial charge in [0.15, 0.2) is 6.29 Å². The number of hydrogen-bond acceptors (Lipinski definition) is 8. The molecular weight excluding hydrogens is 548 g/mol. The number of aliphatic hydroxyl groups excluding tert-OH is 1. The number of aromatic nitrogens is 1. The Morgan fingerprint density at radius 3 is 2.32 bits per heavy atom. The van der Waals surface area contributed by atoms with E-state index in [1.54, 1.807) is 12.3 Å². The van der Waals surface area contributed by atoms with Gasteiger partial charge in [0.1, 0.15) is 5.03 Å². The highest BCUT2D eigenvalue weighted by Crippen LogP contribution is 2.39. The topological polar surface area (TPSA) is 155 Å². The Bertz CT molecular complexity index is 1330. The first-order chi connectivity index (χ1) is 19.8. The third-order valence-corrected chi connectivity index (χ3v) is 7.70. The summed E-state index contributed by atoms with van der Waals surface area (Å²) in [7, 11) is 0. The Labute approximate surface area is 241 Å². The van der Waals surface area contributed by atoms with Gasteiger partial charge in [0.05, 0.1) is 24.4 Å². The van der Waals surface area contributed by atoms with Crippen LogP contribution in [-0.2, 0) is 32.2 Å². The van der Waals surface area contributed by atoms with Gasteiger partial charge in [-0.2, -0.15) is 0 Å². The first-order valence-electron chi connectivity index (χ1n) is 13.2. The van der Waals surface area contributed by atoms with Crippen LogP contribution in [0, 0.1) is 0 Å². The van der Waals surface area contributed by atoms with E-state index >= 15 is 0 Å². The van der Waals surface area contributed by atoms with Gasteiger partial charge in [0.25, 0.3) is 0 Å². The summed E-state index contributed by atoms with van der Waals surface area (Å²) in [6, 6.07) is 18.2. The number of aliphatic hydroxyl groups is 1. The van der Waals surface area contributed by atoms with Gasteiger partial charge in [0, 0.05) is 43.3 Å². The van der Waals surface area contributed by atoms with E-state index in [9.17, 15) is 24.6 Å². The highest BCUT2D eigenvalue weighted by Gasteiger charge is 2.32. The number of carboxylic acids is 2.